The summed E-state index contributed by atoms with van der Waals surface area (Å²) in [5.41, 5.74) is 0.352. The largest absolute Gasteiger partial charge is 0.342 e. The summed E-state index contributed by atoms with van der Waals surface area (Å²) in [5, 5.41) is 12.1. The number of aromatic nitrogens is 7. The van der Waals surface area contributed by atoms with Crippen molar-refractivity contribution < 1.29 is 4.39 Å². The van der Waals surface area contributed by atoms with Crippen molar-refractivity contribution in [3.63, 3.8) is 0 Å². The molecule has 1 aliphatic carbocycles. The Morgan fingerprint density at radius 3 is 2.68 bits per heavy atom. The van der Waals surface area contributed by atoms with E-state index in [0.29, 0.717) is 23.5 Å². The molecule has 2 fully saturated rings. The van der Waals surface area contributed by atoms with Crippen LogP contribution in [0.3, 0.4) is 0 Å². The molecule has 1 saturated carbocycles. The molecule has 10 nitrogen and oxygen atoms in total. The van der Waals surface area contributed by atoms with Gasteiger partial charge in [0.2, 0.25) is 11.9 Å². The highest BCUT2D eigenvalue weighted by molar-refractivity contribution is 5.60. The van der Waals surface area contributed by atoms with E-state index >= 15 is 0 Å². The zero-order valence-corrected chi connectivity index (χ0v) is 17.8. The molecule has 0 aromatic carbocycles. The second kappa shape index (κ2) is 7.10. The molecule has 0 radical (unpaired) electrons. The van der Waals surface area contributed by atoms with Crippen LogP contribution >= 0.6 is 0 Å². The van der Waals surface area contributed by atoms with E-state index in [9.17, 15) is 9.18 Å². The molecule has 0 amide bonds. The molecule has 5 rings (SSSR count). The van der Waals surface area contributed by atoms with Gasteiger partial charge in [-0.05, 0) is 30.3 Å². The lowest BCUT2D eigenvalue weighted by Gasteiger charge is -2.27. The third-order valence-electron chi connectivity index (χ3n) is 6.32. The SMILES string of the molecule is CC(C)n1nnnc1N1C[C@@H]2[C@H](C1)[C@@H]2N(C)c1nc(-c2ccncc2F)cc(=O)n1C. The summed E-state index contributed by atoms with van der Waals surface area (Å²) >= 11 is 0. The highest BCUT2D eigenvalue weighted by Gasteiger charge is 2.59. The molecule has 1 aliphatic heterocycles. The van der Waals surface area contributed by atoms with Crippen LogP contribution in [0.4, 0.5) is 16.3 Å². The number of rotatable bonds is 5. The van der Waals surface area contributed by atoms with Crippen molar-refractivity contribution in [2.75, 3.05) is 29.9 Å². The minimum atomic E-state index is -0.501. The van der Waals surface area contributed by atoms with E-state index < -0.39 is 5.82 Å². The molecule has 0 bridgehead atoms. The van der Waals surface area contributed by atoms with Crippen molar-refractivity contribution in [1.29, 1.82) is 0 Å². The van der Waals surface area contributed by atoms with Gasteiger partial charge in [0.15, 0.2) is 5.82 Å². The maximum Gasteiger partial charge on any atom is 0.255 e. The van der Waals surface area contributed by atoms with Gasteiger partial charge in [0.25, 0.3) is 5.56 Å². The Bertz CT molecular complexity index is 1180. The number of anilines is 2. The number of hydrogen-bond acceptors (Lipinski definition) is 8. The van der Waals surface area contributed by atoms with Crippen LogP contribution < -0.4 is 15.4 Å². The van der Waals surface area contributed by atoms with Crippen molar-refractivity contribution in [2.24, 2.45) is 18.9 Å². The minimum absolute atomic E-state index is 0.190. The summed E-state index contributed by atoms with van der Waals surface area (Å²) < 4.78 is 17.6. The van der Waals surface area contributed by atoms with Gasteiger partial charge in [0.05, 0.1) is 17.9 Å². The molecular weight excluding hydrogens is 401 g/mol. The first kappa shape index (κ1) is 19.6. The Hall–Kier alpha value is -3.37. The van der Waals surface area contributed by atoms with Gasteiger partial charge in [0, 0.05) is 62.9 Å². The van der Waals surface area contributed by atoms with Crippen LogP contribution in [0.5, 0.6) is 0 Å². The normalized spacial score (nSPS) is 22.1. The lowest BCUT2D eigenvalue weighted by atomic mass is 10.2. The Labute approximate surface area is 178 Å². The second-order valence-corrected chi connectivity index (χ2v) is 8.55. The number of piperidine rings is 1. The molecule has 3 aromatic rings. The van der Waals surface area contributed by atoms with Gasteiger partial charge >= 0.3 is 0 Å². The Morgan fingerprint density at radius 2 is 2.00 bits per heavy atom. The van der Waals surface area contributed by atoms with Crippen LogP contribution in [0.2, 0.25) is 0 Å². The van der Waals surface area contributed by atoms with Crippen LogP contribution in [0.1, 0.15) is 19.9 Å². The smallest absolute Gasteiger partial charge is 0.255 e. The van der Waals surface area contributed by atoms with E-state index in [4.69, 9.17) is 0 Å². The summed E-state index contributed by atoms with van der Waals surface area (Å²) in [4.78, 5) is 25.2. The molecule has 2 aliphatic rings. The second-order valence-electron chi connectivity index (χ2n) is 8.55. The van der Waals surface area contributed by atoms with E-state index in [-0.39, 0.29) is 23.2 Å². The Morgan fingerprint density at radius 1 is 1.26 bits per heavy atom. The van der Waals surface area contributed by atoms with Crippen LogP contribution in [-0.2, 0) is 7.05 Å². The van der Waals surface area contributed by atoms with Crippen LogP contribution in [0.15, 0.2) is 29.3 Å². The zero-order valence-electron chi connectivity index (χ0n) is 17.8. The topological polar surface area (TPSA) is 97.9 Å². The van der Waals surface area contributed by atoms with Gasteiger partial charge in [-0.3, -0.25) is 14.3 Å². The molecule has 3 atom stereocenters. The van der Waals surface area contributed by atoms with Gasteiger partial charge in [0.1, 0.15) is 0 Å². The van der Waals surface area contributed by atoms with E-state index in [0.717, 1.165) is 25.2 Å². The van der Waals surface area contributed by atoms with E-state index in [1.807, 2.05) is 16.6 Å². The van der Waals surface area contributed by atoms with Gasteiger partial charge in [-0.15, -0.1) is 0 Å². The molecule has 0 spiro atoms. The van der Waals surface area contributed by atoms with Crippen molar-refractivity contribution in [1.82, 2.24) is 34.7 Å². The van der Waals surface area contributed by atoms with E-state index in [1.54, 1.807) is 7.05 Å². The molecule has 3 aromatic heterocycles. The molecule has 11 heteroatoms. The zero-order chi connectivity index (χ0) is 21.9. The number of halogens is 1. The average molecular weight is 425 g/mol. The Balaban J connectivity index is 1.38. The van der Waals surface area contributed by atoms with Crippen molar-refractivity contribution in [2.45, 2.75) is 25.9 Å². The maximum absolute atomic E-state index is 14.2. The van der Waals surface area contributed by atoms with Crippen molar-refractivity contribution in [3.8, 4) is 11.3 Å². The molecule has 1 saturated heterocycles. The van der Waals surface area contributed by atoms with Crippen molar-refractivity contribution >= 4 is 11.9 Å². The summed E-state index contributed by atoms with van der Waals surface area (Å²) in [7, 11) is 3.63. The van der Waals surface area contributed by atoms with Gasteiger partial charge in [-0.25, -0.2) is 14.1 Å². The molecular formula is C20H24FN9O. The van der Waals surface area contributed by atoms with Crippen LogP contribution in [0, 0.1) is 17.7 Å². The summed E-state index contributed by atoms with van der Waals surface area (Å²) in [6.07, 6.45) is 2.62. The number of nitrogens with zero attached hydrogens (tertiary/aromatic N) is 9. The quantitative estimate of drug-likeness (QED) is 0.600. The molecule has 31 heavy (non-hydrogen) atoms. The summed E-state index contributed by atoms with van der Waals surface area (Å²) in [6, 6.07) is 3.34. The van der Waals surface area contributed by atoms with E-state index in [1.165, 1.54) is 22.9 Å². The third-order valence-corrected chi connectivity index (χ3v) is 6.32. The highest BCUT2D eigenvalue weighted by atomic mass is 19.1. The molecule has 4 heterocycles. The molecule has 0 N–H and O–H groups in total. The lowest BCUT2D eigenvalue weighted by Crippen LogP contribution is -2.37. The van der Waals surface area contributed by atoms with E-state index in [2.05, 4.69) is 44.2 Å². The Kier molecular flexibility index (Phi) is 4.49. The van der Waals surface area contributed by atoms with Gasteiger partial charge in [-0.1, -0.05) is 5.10 Å². The first-order chi connectivity index (χ1) is 14.9. The minimum Gasteiger partial charge on any atom is -0.342 e. The summed E-state index contributed by atoms with van der Waals surface area (Å²) in [5.74, 6) is 1.68. The fourth-order valence-corrected chi connectivity index (χ4v) is 4.66. The fraction of sp³-hybridized carbons (Fsp3) is 0.500. The maximum atomic E-state index is 14.2. The number of pyridine rings is 1. The molecule has 162 valence electrons. The third kappa shape index (κ3) is 3.15. The van der Waals surface area contributed by atoms with Crippen LogP contribution in [-0.4, -0.2) is 60.9 Å². The van der Waals surface area contributed by atoms with Crippen LogP contribution in [0.25, 0.3) is 11.3 Å². The number of hydrogen-bond donors (Lipinski definition) is 0. The van der Waals surface area contributed by atoms with Gasteiger partial charge in [-0.2, -0.15) is 0 Å². The number of fused-ring (bicyclic) bond motifs is 1. The van der Waals surface area contributed by atoms with Crippen molar-refractivity contribution in [3.05, 3.63) is 40.7 Å². The fourth-order valence-electron chi connectivity index (χ4n) is 4.66. The number of tetrazole rings is 1. The standard InChI is InChI=1S/C20H24FN9O/c1-11(2)30-20(24-25-26-30)29-9-13-14(10-29)18(13)28(4)19-23-16(7-17(31)27(19)3)12-5-6-22-8-15(12)21/h5-8,11,13-14,18H,9-10H2,1-4H3/t13-,14+,18-. The first-order valence-electron chi connectivity index (χ1n) is 10.3. The van der Waals surface area contributed by atoms with Gasteiger partial charge < -0.3 is 9.80 Å². The lowest BCUT2D eigenvalue weighted by molar-refractivity contribution is 0.507. The predicted octanol–water partition coefficient (Wildman–Crippen LogP) is 1.12. The predicted molar refractivity (Wildman–Crippen MR) is 112 cm³/mol. The first-order valence-corrected chi connectivity index (χ1v) is 10.3. The average Bonchev–Trinajstić information content (AvgIpc) is 3.11. The molecule has 0 unspecified atom stereocenters. The summed E-state index contributed by atoms with van der Waals surface area (Å²) in [6.45, 7) is 5.80. The highest BCUT2D eigenvalue weighted by Crippen LogP contribution is 2.50. The monoisotopic (exact) mass is 425 g/mol.